The lowest BCUT2D eigenvalue weighted by atomic mass is 10.2. The molecule has 0 unspecified atom stereocenters. The van der Waals surface area contributed by atoms with Crippen LogP contribution in [0.2, 0.25) is 10.0 Å². The van der Waals surface area contributed by atoms with Crippen molar-refractivity contribution >= 4 is 40.4 Å². The summed E-state index contributed by atoms with van der Waals surface area (Å²) in [5.41, 5.74) is 2.21. The molecule has 1 aromatic carbocycles. The van der Waals surface area contributed by atoms with E-state index in [0.717, 1.165) is 16.3 Å². The first kappa shape index (κ1) is 15.9. The minimum Gasteiger partial charge on any atom is -0.346 e. The third-order valence-electron chi connectivity index (χ3n) is 3.07. The van der Waals surface area contributed by atoms with Crippen LogP contribution in [0.1, 0.15) is 16.1 Å². The van der Waals surface area contributed by atoms with Crippen LogP contribution < -0.4 is 5.32 Å². The Bertz CT molecular complexity index is 836. The fraction of sp³-hybridized carbons (Fsp3) is 0.0625. The Kier molecular flexibility index (Phi) is 4.91. The molecule has 7 heteroatoms. The highest BCUT2D eigenvalue weighted by molar-refractivity contribution is 7.13. The molecule has 0 radical (unpaired) electrons. The molecule has 3 rings (SSSR count). The molecule has 0 saturated heterocycles. The molecule has 1 N–H and O–H groups in total. The molecule has 3 aromatic rings. The van der Waals surface area contributed by atoms with Gasteiger partial charge in [0.25, 0.3) is 5.91 Å². The molecule has 0 bridgehead atoms. The van der Waals surface area contributed by atoms with Gasteiger partial charge in [0.1, 0.15) is 5.01 Å². The van der Waals surface area contributed by atoms with Crippen LogP contribution in [0.4, 0.5) is 0 Å². The van der Waals surface area contributed by atoms with Crippen molar-refractivity contribution < 1.29 is 4.79 Å². The van der Waals surface area contributed by atoms with Gasteiger partial charge in [0.05, 0.1) is 22.3 Å². The van der Waals surface area contributed by atoms with Crippen molar-refractivity contribution in [3.05, 3.63) is 69.4 Å². The summed E-state index contributed by atoms with van der Waals surface area (Å²) in [6.07, 6.45) is 3.48. The number of nitrogens with one attached hydrogen (secondary N) is 1. The van der Waals surface area contributed by atoms with Gasteiger partial charge in [0.2, 0.25) is 0 Å². The molecule has 0 aliphatic heterocycles. The molecule has 0 fully saturated rings. The molecule has 0 saturated carbocycles. The molecule has 2 heterocycles. The zero-order valence-electron chi connectivity index (χ0n) is 11.8. The Morgan fingerprint density at radius 3 is 2.83 bits per heavy atom. The van der Waals surface area contributed by atoms with Crippen LogP contribution in [0.3, 0.4) is 0 Å². The highest BCUT2D eigenvalue weighted by Crippen LogP contribution is 2.23. The minimum atomic E-state index is -0.223. The van der Waals surface area contributed by atoms with Crippen LogP contribution in [-0.2, 0) is 6.54 Å². The second-order valence-electron chi connectivity index (χ2n) is 4.70. The molecule has 4 nitrogen and oxygen atoms in total. The number of hydrogen-bond donors (Lipinski definition) is 1. The first-order chi connectivity index (χ1) is 11.1. The Morgan fingerprint density at radius 2 is 2.09 bits per heavy atom. The summed E-state index contributed by atoms with van der Waals surface area (Å²) in [6, 6.07) is 8.58. The summed E-state index contributed by atoms with van der Waals surface area (Å²) in [4.78, 5) is 20.7. The highest BCUT2D eigenvalue weighted by atomic mass is 35.5. The van der Waals surface area contributed by atoms with E-state index >= 15 is 0 Å². The zero-order valence-corrected chi connectivity index (χ0v) is 14.1. The topological polar surface area (TPSA) is 54.9 Å². The van der Waals surface area contributed by atoms with E-state index in [2.05, 4.69) is 15.3 Å². The average Bonchev–Trinajstić information content (AvgIpc) is 3.05. The van der Waals surface area contributed by atoms with E-state index < -0.39 is 0 Å². The van der Waals surface area contributed by atoms with Crippen molar-refractivity contribution in [2.75, 3.05) is 0 Å². The Morgan fingerprint density at radius 1 is 1.22 bits per heavy atom. The molecule has 23 heavy (non-hydrogen) atoms. The SMILES string of the molecule is O=C(NCc1csc(-c2cccnc2)n1)c1ccc(Cl)c(Cl)c1. The van der Waals surface area contributed by atoms with Gasteiger partial charge in [-0.2, -0.15) is 0 Å². The van der Waals surface area contributed by atoms with Gasteiger partial charge in [0.15, 0.2) is 0 Å². The van der Waals surface area contributed by atoms with Crippen molar-refractivity contribution in [2.45, 2.75) is 6.54 Å². The zero-order chi connectivity index (χ0) is 16.2. The lowest BCUT2D eigenvalue weighted by Crippen LogP contribution is -2.22. The number of amides is 1. The maximum Gasteiger partial charge on any atom is 0.251 e. The van der Waals surface area contributed by atoms with E-state index in [-0.39, 0.29) is 5.91 Å². The number of thiazole rings is 1. The number of benzene rings is 1. The molecule has 0 spiro atoms. The normalized spacial score (nSPS) is 10.5. The van der Waals surface area contributed by atoms with Crippen LogP contribution >= 0.6 is 34.5 Å². The first-order valence-corrected chi connectivity index (χ1v) is 8.35. The van der Waals surface area contributed by atoms with Gasteiger partial charge in [-0.1, -0.05) is 23.2 Å². The van der Waals surface area contributed by atoms with Crippen molar-refractivity contribution in [1.29, 1.82) is 0 Å². The Labute approximate surface area is 147 Å². The number of pyridine rings is 1. The van der Waals surface area contributed by atoms with Gasteiger partial charge >= 0.3 is 0 Å². The van der Waals surface area contributed by atoms with E-state index in [9.17, 15) is 4.79 Å². The van der Waals surface area contributed by atoms with Gasteiger partial charge in [-0.15, -0.1) is 11.3 Å². The number of rotatable bonds is 4. The predicted molar refractivity (Wildman–Crippen MR) is 93.0 cm³/mol. The number of aromatic nitrogens is 2. The lowest BCUT2D eigenvalue weighted by Gasteiger charge is -2.04. The molecule has 1 amide bonds. The summed E-state index contributed by atoms with van der Waals surface area (Å²) in [5.74, 6) is -0.223. The maximum absolute atomic E-state index is 12.1. The molecular formula is C16H11Cl2N3OS. The number of carbonyl (C=O) groups is 1. The molecule has 116 valence electrons. The van der Waals surface area contributed by atoms with E-state index in [1.54, 1.807) is 30.6 Å². The Balaban J connectivity index is 1.65. The molecule has 0 aliphatic carbocycles. The van der Waals surface area contributed by atoms with Gasteiger partial charge in [-0.05, 0) is 30.3 Å². The van der Waals surface area contributed by atoms with Gasteiger partial charge in [-0.25, -0.2) is 4.98 Å². The van der Waals surface area contributed by atoms with Crippen molar-refractivity contribution in [2.24, 2.45) is 0 Å². The maximum atomic E-state index is 12.1. The lowest BCUT2D eigenvalue weighted by molar-refractivity contribution is 0.0950. The van der Waals surface area contributed by atoms with E-state index in [1.165, 1.54) is 11.3 Å². The Hall–Kier alpha value is -1.95. The van der Waals surface area contributed by atoms with Crippen LogP contribution in [0.25, 0.3) is 10.6 Å². The fourth-order valence-electron chi connectivity index (χ4n) is 1.92. The minimum absolute atomic E-state index is 0.223. The molecular weight excluding hydrogens is 353 g/mol. The summed E-state index contributed by atoms with van der Waals surface area (Å²) < 4.78 is 0. The monoisotopic (exact) mass is 363 g/mol. The van der Waals surface area contributed by atoms with Crippen LogP contribution in [0.5, 0.6) is 0 Å². The number of halogens is 2. The van der Waals surface area contributed by atoms with Gasteiger partial charge in [-0.3, -0.25) is 9.78 Å². The van der Waals surface area contributed by atoms with Crippen molar-refractivity contribution in [1.82, 2.24) is 15.3 Å². The molecule has 2 aromatic heterocycles. The third kappa shape index (κ3) is 3.88. The number of hydrogen-bond acceptors (Lipinski definition) is 4. The summed E-state index contributed by atoms with van der Waals surface area (Å²) >= 11 is 13.3. The van der Waals surface area contributed by atoms with E-state index in [1.807, 2.05) is 17.5 Å². The second kappa shape index (κ2) is 7.08. The number of carbonyl (C=O) groups excluding carboxylic acids is 1. The van der Waals surface area contributed by atoms with Crippen molar-refractivity contribution in [3.63, 3.8) is 0 Å². The van der Waals surface area contributed by atoms with Crippen LogP contribution in [-0.4, -0.2) is 15.9 Å². The largest absolute Gasteiger partial charge is 0.346 e. The summed E-state index contributed by atoms with van der Waals surface area (Å²) in [7, 11) is 0. The average molecular weight is 364 g/mol. The first-order valence-electron chi connectivity index (χ1n) is 6.71. The van der Waals surface area contributed by atoms with E-state index in [0.29, 0.717) is 22.2 Å². The van der Waals surface area contributed by atoms with Gasteiger partial charge < -0.3 is 5.32 Å². The molecule has 0 aliphatic rings. The predicted octanol–water partition coefficient (Wildman–Crippen LogP) is 4.44. The van der Waals surface area contributed by atoms with Crippen LogP contribution in [0, 0.1) is 0 Å². The smallest absolute Gasteiger partial charge is 0.251 e. The fourth-order valence-corrected chi connectivity index (χ4v) is 3.03. The standard InChI is InChI=1S/C16H11Cl2N3OS/c17-13-4-3-10(6-14(13)18)15(22)20-8-12-9-23-16(21-12)11-2-1-5-19-7-11/h1-7,9H,8H2,(H,20,22). The quantitative estimate of drug-likeness (QED) is 0.745. The van der Waals surface area contributed by atoms with Gasteiger partial charge in [0, 0.05) is 28.9 Å². The number of nitrogens with zero attached hydrogens (tertiary/aromatic N) is 2. The molecule has 0 atom stereocenters. The highest BCUT2D eigenvalue weighted by Gasteiger charge is 2.10. The summed E-state index contributed by atoms with van der Waals surface area (Å²) in [6.45, 7) is 0.343. The van der Waals surface area contributed by atoms with E-state index in [4.69, 9.17) is 23.2 Å². The van der Waals surface area contributed by atoms with Crippen molar-refractivity contribution in [3.8, 4) is 10.6 Å². The van der Waals surface area contributed by atoms with Crippen LogP contribution in [0.15, 0.2) is 48.1 Å². The third-order valence-corrected chi connectivity index (χ3v) is 4.75. The summed E-state index contributed by atoms with van der Waals surface area (Å²) in [5, 5.41) is 6.37. The second-order valence-corrected chi connectivity index (χ2v) is 6.37.